The van der Waals surface area contributed by atoms with Crippen LogP contribution >= 0.6 is 0 Å². The molecule has 3 amide bonds. The molecule has 2 heterocycles. The number of benzene rings is 1. The van der Waals surface area contributed by atoms with Crippen LogP contribution in [0.1, 0.15) is 0 Å². The summed E-state index contributed by atoms with van der Waals surface area (Å²) in [6, 6.07) is 7.23. The van der Waals surface area contributed by atoms with E-state index in [1.165, 1.54) is 7.05 Å². The summed E-state index contributed by atoms with van der Waals surface area (Å²) in [5.41, 5.74) is 1.78. The van der Waals surface area contributed by atoms with Crippen molar-refractivity contribution in [3.8, 4) is 0 Å². The monoisotopic (exact) mass is 259 g/mol. The Morgan fingerprint density at radius 3 is 2.63 bits per heavy atom. The van der Waals surface area contributed by atoms with Crippen LogP contribution < -0.4 is 10.6 Å². The molecule has 1 fully saturated rings. The van der Waals surface area contributed by atoms with Gasteiger partial charge >= 0.3 is 6.03 Å². The number of hydrogen-bond donors (Lipinski definition) is 2. The molecule has 3 rings (SSSR count). The Hall–Kier alpha value is -2.57. The zero-order valence-corrected chi connectivity index (χ0v) is 10.5. The first-order valence-electron chi connectivity index (χ1n) is 5.84. The number of carbonyl (C=O) groups is 2. The highest BCUT2D eigenvalue weighted by atomic mass is 16.2. The number of rotatable bonds is 2. The van der Waals surface area contributed by atoms with E-state index in [1.54, 1.807) is 0 Å². The molecule has 0 radical (unpaired) electrons. The van der Waals surface area contributed by atoms with Crippen molar-refractivity contribution >= 4 is 28.9 Å². The largest absolute Gasteiger partial charge is 0.327 e. The number of amides is 3. The van der Waals surface area contributed by atoms with Gasteiger partial charge < -0.3 is 15.2 Å². The molecule has 7 nitrogen and oxygen atoms in total. The van der Waals surface area contributed by atoms with Gasteiger partial charge in [0.15, 0.2) is 6.17 Å². The highest BCUT2D eigenvalue weighted by molar-refractivity contribution is 6.04. The number of aromatic nitrogens is 2. The number of carbonyl (C=O) groups excluding carboxylic acids is 2. The molecule has 2 N–H and O–H groups in total. The molecule has 0 bridgehead atoms. The van der Waals surface area contributed by atoms with Crippen molar-refractivity contribution in [3.63, 3.8) is 0 Å². The molecule has 2 aromatic rings. The third-order valence-electron chi connectivity index (χ3n) is 3.21. The summed E-state index contributed by atoms with van der Waals surface area (Å²) in [4.78, 5) is 28.6. The van der Waals surface area contributed by atoms with Crippen LogP contribution in [0.25, 0.3) is 11.0 Å². The van der Waals surface area contributed by atoms with E-state index in [9.17, 15) is 9.59 Å². The fraction of sp³-hybridized carbons (Fsp3) is 0.250. The number of nitrogens with zero attached hydrogens (tertiary/aromatic N) is 3. The van der Waals surface area contributed by atoms with Crippen molar-refractivity contribution in [1.29, 1.82) is 0 Å². The van der Waals surface area contributed by atoms with E-state index in [1.807, 2.05) is 35.9 Å². The highest BCUT2D eigenvalue weighted by Gasteiger charge is 2.35. The van der Waals surface area contributed by atoms with E-state index in [4.69, 9.17) is 0 Å². The quantitative estimate of drug-likeness (QED) is 0.769. The maximum absolute atomic E-state index is 11.8. The lowest BCUT2D eigenvalue weighted by Gasteiger charge is -2.11. The number of imide groups is 1. The molecule has 1 aliphatic heterocycles. The van der Waals surface area contributed by atoms with Crippen LogP contribution in [0.5, 0.6) is 0 Å². The Balaban J connectivity index is 1.92. The van der Waals surface area contributed by atoms with Gasteiger partial charge in [0.1, 0.15) is 0 Å². The number of para-hydroxylation sites is 2. The van der Waals surface area contributed by atoms with Gasteiger partial charge in [0, 0.05) is 14.1 Å². The lowest BCUT2D eigenvalue weighted by molar-refractivity contribution is -0.125. The van der Waals surface area contributed by atoms with Crippen LogP contribution in [-0.4, -0.2) is 39.6 Å². The predicted molar refractivity (Wildman–Crippen MR) is 69.4 cm³/mol. The molecule has 1 aliphatic rings. The van der Waals surface area contributed by atoms with Crippen LogP contribution in [0.3, 0.4) is 0 Å². The molecule has 0 saturated carbocycles. The number of nitrogens with one attached hydrogen (secondary N) is 2. The van der Waals surface area contributed by atoms with E-state index in [0.717, 1.165) is 15.9 Å². The first-order chi connectivity index (χ1) is 9.08. The predicted octanol–water partition coefficient (Wildman–Crippen LogP) is 0.493. The molecule has 19 heavy (non-hydrogen) atoms. The number of urea groups is 1. The topological polar surface area (TPSA) is 79.3 Å². The lowest BCUT2D eigenvalue weighted by Crippen LogP contribution is -2.37. The molecular formula is C12H13N5O2. The van der Waals surface area contributed by atoms with Crippen LogP contribution in [0.2, 0.25) is 0 Å². The third kappa shape index (κ3) is 1.70. The van der Waals surface area contributed by atoms with Crippen LogP contribution in [0.15, 0.2) is 24.3 Å². The minimum absolute atomic E-state index is 0.322. The van der Waals surface area contributed by atoms with Gasteiger partial charge in [-0.05, 0) is 12.1 Å². The molecule has 1 unspecified atom stereocenters. The number of anilines is 1. The summed E-state index contributed by atoms with van der Waals surface area (Å²) >= 11 is 0. The number of likely N-dealkylation sites (N-methyl/N-ethyl adjacent to an activating group) is 1. The standard InChI is InChI=1S/C12H13N5O2/c1-16-8-6-4-3-5-7(8)13-11(16)14-9-10(18)17(2)12(19)15-9/h3-6,9H,1-2H3,(H,13,14)(H,15,19). The summed E-state index contributed by atoms with van der Waals surface area (Å²) < 4.78 is 1.84. The number of fused-ring (bicyclic) bond motifs is 1. The van der Waals surface area contributed by atoms with E-state index >= 15 is 0 Å². The summed E-state index contributed by atoms with van der Waals surface area (Å²) in [6.45, 7) is 0. The second-order valence-electron chi connectivity index (χ2n) is 4.41. The van der Waals surface area contributed by atoms with Crippen molar-refractivity contribution in [2.75, 3.05) is 12.4 Å². The van der Waals surface area contributed by atoms with Crippen molar-refractivity contribution in [2.45, 2.75) is 6.17 Å². The van der Waals surface area contributed by atoms with E-state index in [2.05, 4.69) is 15.6 Å². The van der Waals surface area contributed by atoms with Crippen LogP contribution in [0.4, 0.5) is 10.7 Å². The molecule has 1 aromatic carbocycles. The van der Waals surface area contributed by atoms with E-state index in [-0.39, 0.29) is 5.91 Å². The van der Waals surface area contributed by atoms with E-state index < -0.39 is 12.2 Å². The highest BCUT2D eigenvalue weighted by Crippen LogP contribution is 2.18. The van der Waals surface area contributed by atoms with Gasteiger partial charge in [-0.15, -0.1) is 0 Å². The Morgan fingerprint density at radius 2 is 2.00 bits per heavy atom. The van der Waals surface area contributed by atoms with Gasteiger partial charge in [0.2, 0.25) is 5.95 Å². The van der Waals surface area contributed by atoms with Gasteiger partial charge in [-0.1, -0.05) is 12.1 Å². The van der Waals surface area contributed by atoms with Gasteiger partial charge in [-0.25, -0.2) is 9.78 Å². The zero-order valence-electron chi connectivity index (χ0n) is 10.5. The molecule has 0 spiro atoms. The summed E-state index contributed by atoms with van der Waals surface area (Å²) in [5, 5.41) is 5.48. The molecule has 1 saturated heterocycles. The Kier molecular flexibility index (Phi) is 2.41. The number of hydrogen-bond acceptors (Lipinski definition) is 4. The van der Waals surface area contributed by atoms with Crippen LogP contribution in [0, 0.1) is 0 Å². The Labute approximate surface area is 109 Å². The maximum Gasteiger partial charge on any atom is 0.325 e. The average Bonchev–Trinajstić information content (AvgIpc) is 2.84. The molecule has 7 heteroatoms. The SMILES string of the molecule is CN1C(=O)NC(Nc2nc3ccccc3n2C)C1=O. The van der Waals surface area contributed by atoms with Crippen molar-refractivity contribution in [2.24, 2.45) is 7.05 Å². The fourth-order valence-electron chi connectivity index (χ4n) is 2.08. The maximum atomic E-state index is 11.8. The van der Waals surface area contributed by atoms with Crippen molar-refractivity contribution in [3.05, 3.63) is 24.3 Å². The molecule has 0 aliphatic carbocycles. The average molecular weight is 259 g/mol. The zero-order chi connectivity index (χ0) is 13.6. The Morgan fingerprint density at radius 1 is 1.26 bits per heavy atom. The minimum atomic E-state index is -0.770. The van der Waals surface area contributed by atoms with Gasteiger partial charge in [0.25, 0.3) is 5.91 Å². The van der Waals surface area contributed by atoms with Crippen LogP contribution in [-0.2, 0) is 11.8 Å². The molecule has 1 aromatic heterocycles. The Bertz CT molecular complexity index is 678. The smallest absolute Gasteiger partial charge is 0.325 e. The lowest BCUT2D eigenvalue weighted by atomic mass is 10.3. The summed E-state index contributed by atoms with van der Waals surface area (Å²) in [7, 11) is 3.29. The van der Waals surface area contributed by atoms with E-state index in [0.29, 0.717) is 5.95 Å². The second kappa shape index (κ2) is 3.98. The second-order valence-corrected chi connectivity index (χ2v) is 4.41. The minimum Gasteiger partial charge on any atom is -0.327 e. The normalized spacial score (nSPS) is 19.1. The summed E-state index contributed by atoms with van der Waals surface area (Å²) in [5.74, 6) is 0.215. The number of aryl methyl sites for hydroxylation is 1. The van der Waals surface area contributed by atoms with Gasteiger partial charge in [-0.2, -0.15) is 0 Å². The van der Waals surface area contributed by atoms with Gasteiger partial charge in [-0.3, -0.25) is 9.69 Å². The first-order valence-corrected chi connectivity index (χ1v) is 5.84. The third-order valence-corrected chi connectivity index (χ3v) is 3.21. The molecule has 1 atom stereocenters. The van der Waals surface area contributed by atoms with Crippen molar-refractivity contribution < 1.29 is 9.59 Å². The number of imidazole rings is 1. The van der Waals surface area contributed by atoms with Crippen molar-refractivity contribution in [1.82, 2.24) is 19.8 Å². The van der Waals surface area contributed by atoms with Gasteiger partial charge in [0.05, 0.1) is 11.0 Å². The first kappa shape index (κ1) is 11.5. The molecular weight excluding hydrogens is 246 g/mol. The summed E-state index contributed by atoms with van der Waals surface area (Å²) in [6.07, 6.45) is -0.770. The molecule has 98 valence electrons. The fourth-order valence-corrected chi connectivity index (χ4v) is 2.08.